The Bertz CT molecular complexity index is 911. The lowest BCUT2D eigenvalue weighted by molar-refractivity contribution is -0.120. The van der Waals surface area contributed by atoms with E-state index < -0.39 is 11.6 Å². The van der Waals surface area contributed by atoms with Crippen LogP contribution in [0.5, 0.6) is 5.75 Å². The molecule has 0 saturated carbocycles. The molecule has 6 heteroatoms. The lowest BCUT2D eigenvalue weighted by atomic mass is 10.0. The van der Waals surface area contributed by atoms with Crippen molar-refractivity contribution in [1.82, 2.24) is 0 Å². The van der Waals surface area contributed by atoms with Crippen molar-refractivity contribution < 1.29 is 14.7 Å². The molecule has 3 amide bonds. The van der Waals surface area contributed by atoms with Gasteiger partial charge in [0.15, 0.2) is 5.69 Å². The Kier molecular flexibility index (Phi) is 3.73. The van der Waals surface area contributed by atoms with Gasteiger partial charge in [-0.25, -0.2) is 14.5 Å². The van der Waals surface area contributed by atoms with E-state index in [9.17, 15) is 14.7 Å². The zero-order valence-corrected chi connectivity index (χ0v) is 14.1. The summed E-state index contributed by atoms with van der Waals surface area (Å²) in [7, 11) is 0. The van der Waals surface area contributed by atoms with Crippen LogP contribution in [0.3, 0.4) is 0 Å². The molecule has 25 heavy (non-hydrogen) atoms. The zero-order chi connectivity index (χ0) is 18.4. The van der Waals surface area contributed by atoms with Gasteiger partial charge in [0.2, 0.25) is 0 Å². The molecule has 1 aliphatic rings. The van der Waals surface area contributed by atoms with E-state index >= 15 is 0 Å². The second-order valence-corrected chi connectivity index (χ2v) is 6.42. The molecule has 0 atom stereocenters. The number of rotatable bonds is 2. The van der Waals surface area contributed by atoms with Crippen molar-refractivity contribution in [2.24, 2.45) is 0 Å². The average Bonchev–Trinajstić information content (AvgIpc) is 2.74. The second kappa shape index (κ2) is 5.64. The first-order valence-corrected chi connectivity index (χ1v) is 7.73. The lowest BCUT2D eigenvalue weighted by Gasteiger charge is -2.27. The molecule has 0 spiro atoms. The fraction of sp³-hybridized carbons (Fsp3) is 0.211. The molecule has 2 aromatic rings. The van der Waals surface area contributed by atoms with Crippen molar-refractivity contribution in [2.45, 2.75) is 26.3 Å². The van der Waals surface area contributed by atoms with Gasteiger partial charge in [0.1, 0.15) is 11.3 Å². The summed E-state index contributed by atoms with van der Waals surface area (Å²) in [4.78, 5) is 31.8. The van der Waals surface area contributed by atoms with Gasteiger partial charge in [0.25, 0.3) is 5.91 Å². The van der Waals surface area contributed by atoms with Gasteiger partial charge >= 0.3 is 6.03 Å². The Morgan fingerprint density at radius 3 is 2.20 bits per heavy atom. The monoisotopic (exact) mass is 335 g/mol. The summed E-state index contributed by atoms with van der Waals surface area (Å²) in [6.07, 6.45) is 0. The number of aryl methyl sites for hydroxylation is 1. The molecule has 126 valence electrons. The lowest BCUT2D eigenvalue weighted by Crippen LogP contribution is -2.44. The average molecular weight is 335 g/mol. The van der Waals surface area contributed by atoms with E-state index in [2.05, 4.69) is 4.85 Å². The maximum absolute atomic E-state index is 13.0. The van der Waals surface area contributed by atoms with Gasteiger partial charge in [-0.15, -0.1) is 0 Å². The smallest absolute Gasteiger partial charge is 0.336 e. The van der Waals surface area contributed by atoms with Crippen LogP contribution < -0.4 is 9.80 Å². The number of anilines is 2. The number of amides is 3. The van der Waals surface area contributed by atoms with Gasteiger partial charge in [-0.1, -0.05) is 6.07 Å². The predicted octanol–water partition coefficient (Wildman–Crippen LogP) is 4.00. The Labute approximate surface area is 145 Å². The molecule has 1 heterocycles. The quantitative estimate of drug-likeness (QED) is 0.666. The first-order valence-electron chi connectivity index (χ1n) is 7.73. The van der Waals surface area contributed by atoms with Gasteiger partial charge in [-0.05, 0) is 62.7 Å². The molecule has 1 aliphatic heterocycles. The van der Waals surface area contributed by atoms with Crippen molar-refractivity contribution in [1.29, 1.82) is 0 Å². The summed E-state index contributed by atoms with van der Waals surface area (Å²) in [5.41, 5.74) is 1.08. The number of urea groups is 1. The number of phenols is 1. The van der Waals surface area contributed by atoms with Crippen LogP contribution in [0.2, 0.25) is 0 Å². The van der Waals surface area contributed by atoms with E-state index in [4.69, 9.17) is 6.57 Å². The number of carbonyl (C=O) groups excluding carboxylic acids is 2. The van der Waals surface area contributed by atoms with Gasteiger partial charge < -0.3 is 5.11 Å². The van der Waals surface area contributed by atoms with Gasteiger partial charge in [0, 0.05) is 5.69 Å². The third-order valence-electron chi connectivity index (χ3n) is 4.33. The van der Waals surface area contributed by atoms with Crippen LogP contribution in [0.15, 0.2) is 42.5 Å². The maximum Gasteiger partial charge on any atom is 0.336 e. The second-order valence-electron chi connectivity index (χ2n) is 6.42. The fourth-order valence-electron chi connectivity index (χ4n) is 2.96. The molecule has 0 radical (unpaired) electrons. The summed E-state index contributed by atoms with van der Waals surface area (Å²) in [5.74, 6) is -0.262. The first-order chi connectivity index (χ1) is 11.8. The number of carbonyl (C=O) groups is 2. The molecule has 1 fully saturated rings. The van der Waals surface area contributed by atoms with Crippen molar-refractivity contribution in [3.05, 3.63) is 59.4 Å². The highest BCUT2D eigenvalue weighted by Crippen LogP contribution is 2.37. The minimum absolute atomic E-state index is 0.0849. The van der Waals surface area contributed by atoms with E-state index in [0.717, 1.165) is 4.90 Å². The van der Waals surface area contributed by atoms with Gasteiger partial charge in [-0.3, -0.25) is 9.69 Å². The standard InChI is InChI=1S/C19H17N3O3/c1-12-11-14(7-10-16(12)20-4)21-17(24)19(2,3)22(18(21)25)13-5-8-15(23)9-6-13/h5-11,23H,1-3H3. The highest BCUT2D eigenvalue weighted by Gasteiger charge is 2.52. The third-order valence-corrected chi connectivity index (χ3v) is 4.33. The van der Waals surface area contributed by atoms with Crippen LogP contribution in [0, 0.1) is 13.5 Å². The van der Waals surface area contributed by atoms with Crippen molar-refractivity contribution in [3.8, 4) is 5.75 Å². The molecule has 1 N–H and O–H groups in total. The summed E-state index contributed by atoms with van der Waals surface area (Å²) in [5, 5.41) is 9.45. The Morgan fingerprint density at radius 1 is 1.04 bits per heavy atom. The van der Waals surface area contributed by atoms with Crippen LogP contribution >= 0.6 is 0 Å². The largest absolute Gasteiger partial charge is 0.508 e. The number of imide groups is 1. The minimum atomic E-state index is -1.07. The van der Waals surface area contributed by atoms with Crippen LogP contribution in [0.4, 0.5) is 21.9 Å². The van der Waals surface area contributed by atoms with Crippen LogP contribution in [-0.4, -0.2) is 22.6 Å². The first kappa shape index (κ1) is 16.5. The molecule has 2 aromatic carbocycles. The number of benzene rings is 2. The predicted molar refractivity (Wildman–Crippen MR) is 95.0 cm³/mol. The number of nitrogens with zero attached hydrogens (tertiary/aromatic N) is 3. The Balaban J connectivity index is 2.07. The molecular weight excluding hydrogens is 318 g/mol. The summed E-state index contributed by atoms with van der Waals surface area (Å²) < 4.78 is 0. The Hall–Kier alpha value is -3.33. The summed E-state index contributed by atoms with van der Waals surface area (Å²) >= 11 is 0. The number of aromatic hydroxyl groups is 1. The highest BCUT2D eigenvalue weighted by atomic mass is 16.3. The molecule has 3 rings (SSSR count). The van der Waals surface area contributed by atoms with E-state index in [1.165, 1.54) is 17.0 Å². The third kappa shape index (κ3) is 2.50. The topological polar surface area (TPSA) is 65.2 Å². The highest BCUT2D eigenvalue weighted by molar-refractivity contribution is 6.30. The van der Waals surface area contributed by atoms with Gasteiger partial charge in [0.05, 0.1) is 12.3 Å². The van der Waals surface area contributed by atoms with Crippen LogP contribution in [0.1, 0.15) is 19.4 Å². The minimum Gasteiger partial charge on any atom is -0.508 e. The maximum atomic E-state index is 13.0. The summed E-state index contributed by atoms with van der Waals surface area (Å²) in [6.45, 7) is 12.2. The molecule has 0 aliphatic carbocycles. The Morgan fingerprint density at radius 2 is 1.64 bits per heavy atom. The molecular formula is C19H17N3O3. The fourth-order valence-corrected chi connectivity index (χ4v) is 2.96. The number of hydrogen-bond donors (Lipinski definition) is 1. The molecule has 0 aromatic heterocycles. The summed E-state index contributed by atoms with van der Waals surface area (Å²) in [6, 6.07) is 10.6. The number of hydrogen-bond acceptors (Lipinski definition) is 3. The van der Waals surface area contributed by atoms with Crippen molar-refractivity contribution in [3.63, 3.8) is 0 Å². The van der Waals surface area contributed by atoms with E-state index in [-0.39, 0.29) is 11.7 Å². The molecule has 0 unspecified atom stereocenters. The molecule has 1 saturated heterocycles. The zero-order valence-electron chi connectivity index (χ0n) is 14.1. The van der Waals surface area contributed by atoms with Crippen LogP contribution in [0.25, 0.3) is 4.85 Å². The van der Waals surface area contributed by atoms with Gasteiger partial charge in [-0.2, -0.15) is 0 Å². The normalized spacial score (nSPS) is 16.2. The molecule has 6 nitrogen and oxygen atoms in total. The van der Waals surface area contributed by atoms with E-state index in [1.807, 2.05) is 0 Å². The number of phenolic OH excluding ortho intramolecular Hbond substituents is 1. The van der Waals surface area contributed by atoms with Crippen LogP contribution in [-0.2, 0) is 4.79 Å². The van der Waals surface area contributed by atoms with Crippen molar-refractivity contribution in [2.75, 3.05) is 9.80 Å². The SMILES string of the molecule is [C-]#[N+]c1ccc(N2C(=O)N(c3ccc(O)cc3)C(C)(C)C2=O)cc1C. The molecule has 0 bridgehead atoms. The van der Waals surface area contributed by atoms with Crippen molar-refractivity contribution >= 4 is 29.0 Å². The van der Waals surface area contributed by atoms with E-state index in [1.54, 1.807) is 51.1 Å². The van der Waals surface area contributed by atoms with E-state index in [0.29, 0.717) is 22.6 Å².